The molecule has 0 N–H and O–H groups in total. The normalized spacial score (nSPS) is 14.7. The lowest BCUT2D eigenvalue weighted by Crippen LogP contribution is -2.25. The molecule has 0 amide bonds. The molecule has 1 saturated carbocycles. The SMILES string of the molecule is COc1cccc(-n2c(C)cc(C=Nn3c(C4CCCCC4)nc4ccc(Br)cc4c3=O)c2C)c1. The van der Waals surface area contributed by atoms with Crippen LogP contribution in [0.25, 0.3) is 16.6 Å². The predicted octanol–water partition coefficient (Wildman–Crippen LogP) is 6.51. The number of fused-ring (bicyclic) bond motifs is 1. The zero-order valence-corrected chi connectivity index (χ0v) is 21.9. The van der Waals surface area contributed by atoms with E-state index < -0.39 is 0 Å². The summed E-state index contributed by atoms with van der Waals surface area (Å²) in [5.74, 6) is 1.82. The maximum atomic E-state index is 13.6. The van der Waals surface area contributed by atoms with Crippen molar-refractivity contribution in [3.63, 3.8) is 0 Å². The van der Waals surface area contributed by atoms with Crippen LogP contribution in [-0.4, -0.2) is 27.6 Å². The largest absolute Gasteiger partial charge is 0.497 e. The van der Waals surface area contributed by atoms with E-state index in [4.69, 9.17) is 14.8 Å². The number of methoxy groups -OCH3 is 1. The second kappa shape index (κ2) is 9.82. The van der Waals surface area contributed by atoms with Gasteiger partial charge < -0.3 is 9.30 Å². The molecule has 0 atom stereocenters. The molecule has 1 aliphatic rings. The molecule has 1 fully saturated rings. The van der Waals surface area contributed by atoms with Gasteiger partial charge in [-0.25, -0.2) is 4.98 Å². The summed E-state index contributed by atoms with van der Waals surface area (Å²) < 4.78 is 9.96. The van der Waals surface area contributed by atoms with Crippen molar-refractivity contribution in [1.82, 2.24) is 14.2 Å². The van der Waals surface area contributed by atoms with Crippen LogP contribution in [0.15, 0.2) is 62.9 Å². The topological polar surface area (TPSA) is 61.4 Å². The highest BCUT2D eigenvalue weighted by molar-refractivity contribution is 9.10. The van der Waals surface area contributed by atoms with Crippen LogP contribution in [-0.2, 0) is 0 Å². The number of benzene rings is 2. The Morgan fingerprint density at radius 3 is 2.66 bits per heavy atom. The Kier molecular flexibility index (Phi) is 6.60. The highest BCUT2D eigenvalue weighted by Crippen LogP contribution is 2.32. The van der Waals surface area contributed by atoms with E-state index in [0.29, 0.717) is 5.39 Å². The van der Waals surface area contributed by atoms with Crippen molar-refractivity contribution in [2.75, 3.05) is 7.11 Å². The van der Waals surface area contributed by atoms with E-state index in [2.05, 4.69) is 46.5 Å². The van der Waals surface area contributed by atoms with Crippen LogP contribution >= 0.6 is 15.9 Å². The summed E-state index contributed by atoms with van der Waals surface area (Å²) in [4.78, 5) is 18.5. The molecule has 2 heterocycles. The first-order valence-corrected chi connectivity index (χ1v) is 12.9. The van der Waals surface area contributed by atoms with Gasteiger partial charge in [-0.1, -0.05) is 41.3 Å². The third kappa shape index (κ3) is 4.57. The van der Waals surface area contributed by atoms with E-state index >= 15 is 0 Å². The smallest absolute Gasteiger partial charge is 0.282 e. The van der Waals surface area contributed by atoms with Gasteiger partial charge in [0.15, 0.2) is 0 Å². The van der Waals surface area contributed by atoms with E-state index in [1.54, 1.807) is 13.3 Å². The molecular weight excluding hydrogens is 504 g/mol. The Labute approximate surface area is 213 Å². The van der Waals surface area contributed by atoms with Crippen molar-refractivity contribution in [2.24, 2.45) is 5.10 Å². The van der Waals surface area contributed by atoms with Gasteiger partial charge in [-0.15, -0.1) is 0 Å². The Bertz CT molecular complexity index is 1480. The molecule has 5 rings (SSSR count). The second-order valence-electron chi connectivity index (χ2n) is 9.19. The molecule has 1 aliphatic carbocycles. The number of nitrogens with zero attached hydrogens (tertiary/aromatic N) is 4. The van der Waals surface area contributed by atoms with Gasteiger partial charge in [0.25, 0.3) is 5.56 Å². The fourth-order valence-electron chi connectivity index (χ4n) is 5.09. The van der Waals surface area contributed by atoms with Crippen LogP contribution in [0, 0.1) is 13.8 Å². The monoisotopic (exact) mass is 532 g/mol. The standard InChI is InChI=1S/C28H29BrN4O2/c1-18-14-21(19(2)32(18)23-10-7-11-24(16-23)35-3)17-30-33-27(20-8-5-4-6-9-20)31-26-13-12-22(29)15-25(26)28(33)34/h7,10-17,20H,4-6,8-9H2,1-3H3. The Morgan fingerprint density at radius 2 is 1.89 bits per heavy atom. The Balaban J connectivity index is 1.61. The van der Waals surface area contributed by atoms with Crippen molar-refractivity contribution >= 4 is 33.0 Å². The van der Waals surface area contributed by atoms with Gasteiger partial charge >= 0.3 is 0 Å². The zero-order valence-electron chi connectivity index (χ0n) is 20.3. The van der Waals surface area contributed by atoms with Gasteiger partial charge in [0.1, 0.15) is 11.6 Å². The predicted molar refractivity (Wildman–Crippen MR) is 144 cm³/mol. The molecule has 6 nitrogen and oxygen atoms in total. The van der Waals surface area contributed by atoms with Crippen molar-refractivity contribution in [2.45, 2.75) is 51.9 Å². The minimum Gasteiger partial charge on any atom is -0.497 e. The number of aryl methyl sites for hydroxylation is 1. The lowest BCUT2D eigenvalue weighted by Gasteiger charge is -2.22. The first kappa shape index (κ1) is 23.5. The molecule has 4 aromatic rings. The minimum absolute atomic E-state index is 0.130. The van der Waals surface area contributed by atoms with Crippen LogP contribution in [0.5, 0.6) is 5.75 Å². The van der Waals surface area contributed by atoms with Crippen molar-refractivity contribution in [3.05, 3.63) is 86.1 Å². The van der Waals surface area contributed by atoms with Gasteiger partial charge in [-0.3, -0.25) is 4.79 Å². The average Bonchev–Trinajstić information content (AvgIpc) is 3.16. The summed E-state index contributed by atoms with van der Waals surface area (Å²) in [6.45, 7) is 4.13. The van der Waals surface area contributed by atoms with E-state index in [1.807, 2.05) is 36.4 Å². The molecule has 2 aromatic heterocycles. The minimum atomic E-state index is -0.130. The molecule has 0 spiro atoms. The first-order chi connectivity index (χ1) is 17.0. The van der Waals surface area contributed by atoms with E-state index in [0.717, 1.165) is 69.9 Å². The highest BCUT2D eigenvalue weighted by atomic mass is 79.9. The molecule has 0 unspecified atom stereocenters. The van der Waals surface area contributed by atoms with E-state index in [9.17, 15) is 4.79 Å². The quantitative estimate of drug-likeness (QED) is 0.275. The molecular formula is C28H29BrN4O2. The molecule has 0 bridgehead atoms. The number of rotatable bonds is 5. The Morgan fingerprint density at radius 1 is 1.09 bits per heavy atom. The molecule has 7 heteroatoms. The van der Waals surface area contributed by atoms with Crippen molar-refractivity contribution in [1.29, 1.82) is 0 Å². The van der Waals surface area contributed by atoms with Gasteiger partial charge in [0, 0.05) is 39.1 Å². The lowest BCUT2D eigenvalue weighted by molar-refractivity contribution is 0.414. The molecule has 180 valence electrons. The van der Waals surface area contributed by atoms with Crippen LogP contribution in [0.1, 0.15) is 60.8 Å². The van der Waals surface area contributed by atoms with E-state index in [-0.39, 0.29) is 11.5 Å². The number of hydrogen-bond acceptors (Lipinski definition) is 4. The molecule has 2 aromatic carbocycles. The summed E-state index contributed by atoms with van der Waals surface area (Å²) in [6, 6.07) is 15.7. The van der Waals surface area contributed by atoms with Crippen molar-refractivity contribution < 1.29 is 4.74 Å². The molecule has 0 radical (unpaired) electrons. The maximum absolute atomic E-state index is 13.6. The van der Waals surface area contributed by atoms with Gasteiger partial charge in [0.2, 0.25) is 0 Å². The van der Waals surface area contributed by atoms with Gasteiger partial charge in [-0.2, -0.15) is 9.78 Å². The summed E-state index contributed by atoms with van der Waals surface area (Å²) >= 11 is 3.49. The summed E-state index contributed by atoms with van der Waals surface area (Å²) in [5, 5.41) is 5.30. The fraction of sp³-hybridized carbons (Fsp3) is 0.321. The average molecular weight is 533 g/mol. The van der Waals surface area contributed by atoms with Gasteiger partial charge in [-0.05, 0) is 63.1 Å². The number of ether oxygens (including phenoxy) is 1. The fourth-order valence-corrected chi connectivity index (χ4v) is 5.45. The summed E-state index contributed by atoms with van der Waals surface area (Å²) in [7, 11) is 1.67. The summed E-state index contributed by atoms with van der Waals surface area (Å²) in [5.41, 5.74) is 4.70. The third-order valence-corrected chi connectivity index (χ3v) is 7.39. The molecule has 0 aliphatic heterocycles. The number of hydrogen-bond donors (Lipinski definition) is 0. The molecule has 35 heavy (non-hydrogen) atoms. The van der Waals surface area contributed by atoms with Crippen LogP contribution in [0.2, 0.25) is 0 Å². The highest BCUT2D eigenvalue weighted by Gasteiger charge is 2.22. The van der Waals surface area contributed by atoms with Crippen LogP contribution in [0.3, 0.4) is 0 Å². The lowest BCUT2D eigenvalue weighted by atomic mass is 9.88. The number of halogens is 1. The second-order valence-corrected chi connectivity index (χ2v) is 10.1. The van der Waals surface area contributed by atoms with Crippen molar-refractivity contribution in [3.8, 4) is 11.4 Å². The molecule has 0 saturated heterocycles. The first-order valence-electron chi connectivity index (χ1n) is 12.1. The zero-order chi connectivity index (χ0) is 24.5. The maximum Gasteiger partial charge on any atom is 0.282 e. The Hall–Kier alpha value is -3.19. The summed E-state index contributed by atoms with van der Waals surface area (Å²) in [6.07, 6.45) is 7.41. The van der Waals surface area contributed by atoms with Crippen LogP contribution < -0.4 is 10.3 Å². The van der Waals surface area contributed by atoms with E-state index in [1.165, 1.54) is 11.1 Å². The van der Waals surface area contributed by atoms with Gasteiger partial charge in [0.05, 0.1) is 24.2 Å². The third-order valence-electron chi connectivity index (χ3n) is 6.90. The van der Waals surface area contributed by atoms with Crippen LogP contribution in [0.4, 0.5) is 0 Å². The number of aromatic nitrogens is 3.